The second-order valence-corrected chi connectivity index (χ2v) is 11.1. The Balaban J connectivity index is 1.96. The molecule has 3 aliphatic rings. The van der Waals surface area contributed by atoms with E-state index in [1.165, 1.54) is 4.90 Å². The Labute approximate surface area is 227 Å². The summed E-state index contributed by atoms with van der Waals surface area (Å²) in [5.41, 5.74) is 3.68. The molecule has 39 heavy (non-hydrogen) atoms. The lowest BCUT2D eigenvalue weighted by Gasteiger charge is -2.50. The van der Waals surface area contributed by atoms with Crippen molar-refractivity contribution in [2.45, 2.75) is 31.0 Å². The van der Waals surface area contributed by atoms with Crippen LogP contribution in [0.3, 0.4) is 0 Å². The van der Waals surface area contributed by atoms with Gasteiger partial charge in [-0.3, -0.25) is 24.2 Å². The van der Waals surface area contributed by atoms with Crippen LogP contribution < -0.4 is 10.6 Å². The number of anilines is 1. The van der Waals surface area contributed by atoms with Gasteiger partial charge in [-0.25, -0.2) is 0 Å². The van der Waals surface area contributed by atoms with E-state index in [2.05, 4.69) is 6.58 Å². The largest absolute Gasteiger partial charge is 0.508 e. The molecular weight excluding hydrogens is 504 g/mol. The molecule has 6 N–H and O–H groups in total. The number of carbonyl (C=O) groups excluding carboxylic acids is 3. The number of nitrogens with zero attached hydrogens (tertiary/aromatic N) is 3. The first kappa shape index (κ1) is 28.3. The Hall–Kier alpha value is -3.67. The van der Waals surface area contributed by atoms with Crippen LogP contribution in [-0.4, -0.2) is 101 Å². The highest BCUT2D eigenvalue weighted by Crippen LogP contribution is 2.54. The molecule has 0 bridgehead atoms. The lowest BCUT2D eigenvalue weighted by Crippen LogP contribution is -2.65. The van der Waals surface area contributed by atoms with Gasteiger partial charge < -0.3 is 31.1 Å². The molecule has 1 amide bonds. The molecule has 0 saturated heterocycles. The second kappa shape index (κ2) is 9.82. The molecular formula is C28H36N4O7. The SMILES string of the molecule is C=CCN(C)Cc1cc(N(C)C)c2c(c1O)C(O)=C1C(=O)[C@]3(O)C(O)=C(C(N)=O)C(=O)[C@@H](N(C)C)C3CC1C2. The molecule has 0 radical (unpaired) electrons. The van der Waals surface area contributed by atoms with Crippen LogP contribution in [0.2, 0.25) is 0 Å². The monoisotopic (exact) mass is 540 g/mol. The lowest BCUT2D eigenvalue weighted by atomic mass is 9.57. The van der Waals surface area contributed by atoms with Gasteiger partial charge in [0.15, 0.2) is 11.4 Å². The highest BCUT2D eigenvalue weighted by molar-refractivity contribution is 6.24. The van der Waals surface area contributed by atoms with E-state index in [1.54, 1.807) is 20.2 Å². The second-order valence-electron chi connectivity index (χ2n) is 11.1. The van der Waals surface area contributed by atoms with Gasteiger partial charge in [0.1, 0.15) is 22.8 Å². The van der Waals surface area contributed by atoms with Crippen LogP contribution in [0.5, 0.6) is 5.75 Å². The fourth-order valence-electron chi connectivity index (χ4n) is 6.44. The van der Waals surface area contributed by atoms with Crippen molar-refractivity contribution < 1.29 is 34.8 Å². The Morgan fingerprint density at radius 2 is 1.82 bits per heavy atom. The summed E-state index contributed by atoms with van der Waals surface area (Å²) in [7, 11) is 8.66. The van der Waals surface area contributed by atoms with E-state index in [9.17, 15) is 34.8 Å². The minimum absolute atomic E-state index is 0.0449. The molecule has 0 aromatic heterocycles. The number of Topliss-reactive ketones (excluding diaryl/α,β-unsaturated/α-hetero) is 2. The quantitative estimate of drug-likeness (QED) is 0.245. The Morgan fingerprint density at radius 1 is 1.18 bits per heavy atom. The molecule has 4 rings (SSSR count). The Kier molecular flexibility index (Phi) is 7.13. The van der Waals surface area contributed by atoms with Gasteiger partial charge in [-0.15, -0.1) is 6.58 Å². The van der Waals surface area contributed by atoms with Crippen molar-refractivity contribution in [3.8, 4) is 5.75 Å². The smallest absolute Gasteiger partial charge is 0.255 e. The summed E-state index contributed by atoms with van der Waals surface area (Å²) in [6.07, 6.45) is 2.00. The maximum Gasteiger partial charge on any atom is 0.255 e. The van der Waals surface area contributed by atoms with E-state index in [0.717, 1.165) is 5.69 Å². The molecule has 11 nitrogen and oxygen atoms in total. The normalized spacial score (nSPS) is 26.5. The molecule has 2 unspecified atom stereocenters. The number of aliphatic hydroxyl groups is 3. The maximum atomic E-state index is 14.0. The van der Waals surface area contributed by atoms with Gasteiger partial charge in [-0.2, -0.15) is 0 Å². The van der Waals surface area contributed by atoms with E-state index in [-0.39, 0.29) is 29.7 Å². The molecule has 1 aromatic rings. The summed E-state index contributed by atoms with van der Waals surface area (Å²) in [4.78, 5) is 44.6. The van der Waals surface area contributed by atoms with E-state index in [4.69, 9.17) is 5.73 Å². The molecule has 4 atom stereocenters. The molecule has 1 fully saturated rings. The molecule has 1 saturated carbocycles. The number of aromatic hydroxyl groups is 1. The zero-order valence-electron chi connectivity index (χ0n) is 22.9. The van der Waals surface area contributed by atoms with Gasteiger partial charge in [-0.05, 0) is 51.5 Å². The standard InChI is InChI=1S/C28H36N4O7/c1-7-8-32(6)12-14-11-17(30(2)3)15-9-13-10-16-21(31(4)5)24(35)20(27(29)38)26(37)28(16,39)25(36)18(13)23(34)19(15)22(14)33/h7,11,13,16,21,33-34,37,39H,1,8-10,12H2,2-6H3,(H2,29,38)/t13?,16?,21-,28-/m0/s1. The predicted octanol–water partition coefficient (Wildman–Crippen LogP) is 0.648. The van der Waals surface area contributed by atoms with Crippen LogP contribution in [0.15, 0.2) is 35.6 Å². The highest BCUT2D eigenvalue weighted by atomic mass is 16.3. The lowest BCUT2D eigenvalue weighted by molar-refractivity contribution is -0.153. The minimum atomic E-state index is -2.66. The maximum absolute atomic E-state index is 14.0. The van der Waals surface area contributed by atoms with Crippen molar-refractivity contribution in [2.75, 3.05) is 46.7 Å². The molecule has 0 heterocycles. The molecule has 1 aromatic carbocycles. The topological polar surface area (TPSA) is 168 Å². The van der Waals surface area contributed by atoms with Crippen LogP contribution in [0.25, 0.3) is 5.76 Å². The molecule has 210 valence electrons. The summed E-state index contributed by atoms with van der Waals surface area (Å²) < 4.78 is 0. The fourth-order valence-corrected chi connectivity index (χ4v) is 6.44. The third-order valence-electron chi connectivity index (χ3n) is 8.14. The van der Waals surface area contributed by atoms with Crippen molar-refractivity contribution >= 4 is 28.9 Å². The van der Waals surface area contributed by atoms with Crippen LogP contribution in [0.4, 0.5) is 5.69 Å². The molecule has 0 spiro atoms. The minimum Gasteiger partial charge on any atom is -0.508 e. The third kappa shape index (κ3) is 4.12. The Bertz CT molecular complexity index is 1350. The van der Waals surface area contributed by atoms with Crippen LogP contribution in [0, 0.1) is 11.8 Å². The van der Waals surface area contributed by atoms with Gasteiger partial charge in [0.05, 0.1) is 11.6 Å². The van der Waals surface area contributed by atoms with Crippen LogP contribution in [0.1, 0.15) is 23.1 Å². The number of aliphatic hydroxyl groups excluding tert-OH is 2. The van der Waals surface area contributed by atoms with E-state index in [0.29, 0.717) is 24.2 Å². The fraction of sp³-hybridized carbons (Fsp3) is 0.464. The molecule has 3 aliphatic carbocycles. The van der Waals surface area contributed by atoms with E-state index in [1.807, 2.05) is 37.0 Å². The highest BCUT2D eigenvalue weighted by Gasteiger charge is 2.64. The number of fused-ring (bicyclic) bond motifs is 3. The number of phenolic OH excluding ortho intramolecular Hbond substituents is 1. The van der Waals surface area contributed by atoms with Gasteiger partial charge in [0.25, 0.3) is 5.91 Å². The summed E-state index contributed by atoms with van der Waals surface area (Å²) in [6, 6.07) is 0.722. The molecule has 0 aliphatic heterocycles. The van der Waals surface area contributed by atoms with Crippen molar-refractivity contribution in [3.05, 3.63) is 52.3 Å². The third-order valence-corrected chi connectivity index (χ3v) is 8.14. The van der Waals surface area contributed by atoms with Gasteiger partial charge in [0.2, 0.25) is 5.78 Å². The van der Waals surface area contributed by atoms with Crippen molar-refractivity contribution in [1.82, 2.24) is 9.80 Å². The Morgan fingerprint density at radius 3 is 2.36 bits per heavy atom. The number of nitrogens with two attached hydrogens (primary N) is 1. The van der Waals surface area contributed by atoms with Gasteiger partial charge in [-0.1, -0.05) is 6.08 Å². The zero-order chi connectivity index (χ0) is 29.1. The van der Waals surface area contributed by atoms with Crippen LogP contribution >= 0.6 is 0 Å². The number of benzene rings is 1. The average Bonchev–Trinajstić information content (AvgIpc) is 2.82. The zero-order valence-corrected chi connectivity index (χ0v) is 22.9. The number of rotatable bonds is 7. The number of amides is 1. The number of hydrogen-bond acceptors (Lipinski definition) is 10. The number of phenols is 1. The summed E-state index contributed by atoms with van der Waals surface area (Å²) in [5.74, 6) is -6.60. The van der Waals surface area contributed by atoms with Crippen LogP contribution in [-0.2, 0) is 27.3 Å². The number of carbonyl (C=O) groups is 3. The van der Waals surface area contributed by atoms with Crippen molar-refractivity contribution in [3.63, 3.8) is 0 Å². The number of likely N-dealkylation sites (N-methyl/N-ethyl adjacent to an activating group) is 2. The number of hydrogen-bond donors (Lipinski definition) is 5. The van der Waals surface area contributed by atoms with Gasteiger partial charge in [0, 0.05) is 49.9 Å². The summed E-state index contributed by atoms with van der Waals surface area (Å²) >= 11 is 0. The number of ketones is 2. The first-order chi connectivity index (χ1) is 18.2. The summed E-state index contributed by atoms with van der Waals surface area (Å²) in [5, 5.41) is 45.6. The van der Waals surface area contributed by atoms with E-state index >= 15 is 0 Å². The predicted molar refractivity (Wildman–Crippen MR) is 145 cm³/mol. The van der Waals surface area contributed by atoms with Crippen molar-refractivity contribution in [1.29, 1.82) is 0 Å². The summed E-state index contributed by atoms with van der Waals surface area (Å²) in [6.45, 7) is 4.61. The molecule has 11 heteroatoms. The first-order valence-electron chi connectivity index (χ1n) is 12.7. The average molecular weight is 541 g/mol. The van der Waals surface area contributed by atoms with E-state index < -0.39 is 58.0 Å². The van der Waals surface area contributed by atoms with Crippen molar-refractivity contribution in [2.24, 2.45) is 17.6 Å². The first-order valence-corrected chi connectivity index (χ1v) is 12.7. The number of primary amides is 1. The van der Waals surface area contributed by atoms with Gasteiger partial charge >= 0.3 is 0 Å².